The van der Waals surface area contributed by atoms with Crippen LogP contribution in [0.25, 0.3) is 0 Å². The van der Waals surface area contributed by atoms with E-state index in [-0.39, 0.29) is 12.1 Å². The minimum atomic E-state index is -0.123. The Morgan fingerprint density at radius 3 is 2.44 bits per heavy atom. The Balaban J connectivity index is 1.75. The lowest BCUT2D eigenvalue weighted by molar-refractivity contribution is 0.0638. The molecule has 0 heterocycles. The highest BCUT2D eigenvalue weighted by molar-refractivity contribution is 5.89. The maximum Gasteiger partial charge on any atom is 0.319 e. The number of hydrogen-bond donors (Lipinski definition) is 2. The van der Waals surface area contributed by atoms with E-state index in [9.17, 15) is 4.79 Å². The highest BCUT2D eigenvalue weighted by atomic mass is 16.5. The molecule has 0 radical (unpaired) electrons. The number of carbonyl (C=O) groups excluding carboxylic acids is 1. The summed E-state index contributed by atoms with van der Waals surface area (Å²) in [4.78, 5) is 11.8. The fourth-order valence-corrected chi connectivity index (χ4v) is 2.32. The molecular weight excluding hydrogens is 228 g/mol. The van der Waals surface area contributed by atoms with Crippen LogP contribution in [0.5, 0.6) is 0 Å². The Kier molecular flexibility index (Phi) is 4.59. The summed E-state index contributed by atoms with van der Waals surface area (Å²) in [5.74, 6) is 0. The molecule has 1 saturated carbocycles. The molecule has 1 aliphatic rings. The summed E-state index contributed by atoms with van der Waals surface area (Å²) in [6.45, 7) is 0. The molecule has 2 rings (SSSR count). The first kappa shape index (κ1) is 12.9. The van der Waals surface area contributed by atoms with Crippen LogP contribution in [-0.4, -0.2) is 25.3 Å². The van der Waals surface area contributed by atoms with Crippen molar-refractivity contribution in [2.45, 2.75) is 37.8 Å². The van der Waals surface area contributed by atoms with Crippen molar-refractivity contribution in [3.63, 3.8) is 0 Å². The Bertz CT molecular complexity index is 373. The van der Waals surface area contributed by atoms with Crippen LogP contribution in [0.2, 0.25) is 0 Å². The fourth-order valence-electron chi connectivity index (χ4n) is 2.32. The van der Waals surface area contributed by atoms with E-state index in [4.69, 9.17) is 4.74 Å². The summed E-state index contributed by atoms with van der Waals surface area (Å²) in [6.07, 6.45) is 4.38. The molecule has 2 amide bonds. The molecule has 1 fully saturated rings. The van der Waals surface area contributed by atoms with Crippen LogP contribution in [0.4, 0.5) is 10.5 Å². The van der Waals surface area contributed by atoms with Crippen LogP contribution in [0.15, 0.2) is 30.3 Å². The standard InChI is InChI=1S/C14H20N2O2/c1-18-13-9-7-12(8-10-13)16-14(17)15-11-5-3-2-4-6-11/h2-6,12-13H,7-10H2,1H3,(H2,15,16,17). The minimum Gasteiger partial charge on any atom is -0.381 e. The summed E-state index contributed by atoms with van der Waals surface area (Å²) in [7, 11) is 1.75. The van der Waals surface area contributed by atoms with Crippen LogP contribution < -0.4 is 10.6 Å². The van der Waals surface area contributed by atoms with E-state index < -0.39 is 0 Å². The summed E-state index contributed by atoms with van der Waals surface area (Å²) in [5.41, 5.74) is 0.820. The van der Waals surface area contributed by atoms with Crippen molar-refractivity contribution in [2.24, 2.45) is 0 Å². The summed E-state index contributed by atoms with van der Waals surface area (Å²) in [6, 6.07) is 9.62. The van der Waals surface area contributed by atoms with Crippen molar-refractivity contribution < 1.29 is 9.53 Å². The second-order valence-corrected chi connectivity index (χ2v) is 4.67. The fraction of sp³-hybridized carbons (Fsp3) is 0.500. The zero-order valence-electron chi connectivity index (χ0n) is 10.7. The van der Waals surface area contributed by atoms with Gasteiger partial charge in [-0.3, -0.25) is 0 Å². The van der Waals surface area contributed by atoms with Gasteiger partial charge in [-0.2, -0.15) is 0 Å². The molecule has 0 saturated heterocycles. The summed E-state index contributed by atoms with van der Waals surface area (Å²) in [5, 5.41) is 5.84. The van der Waals surface area contributed by atoms with Gasteiger partial charge in [0.15, 0.2) is 0 Å². The number of benzene rings is 1. The van der Waals surface area contributed by atoms with Crippen molar-refractivity contribution in [1.82, 2.24) is 5.32 Å². The number of hydrogen-bond acceptors (Lipinski definition) is 2. The molecule has 0 aliphatic heterocycles. The van der Waals surface area contributed by atoms with Gasteiger partial charge in [0, 0.05) is 18.8 Å². The Morgan fingerprint density at radius 1 is 1.17 bits per heavy atom. The highest BCUT2D eigenvalue weighted by Gasteiger charge is 2.21. The third kappa shape index (κ3) is 3.74. The van der Waals surface area contributed by atoms with Crippen molar-refractivity contribution >= 4 is 11.7 Å². The topological polar surface area (TPSA) is 50.4 Å². The first-order valence-corrected chi connectivity index (χ1v) is 6.43. The molecule has 18 heavy (non-hydrogen) atoms. The number of rotatable bonds is 3. The average Bonchev–Trinajstić information content (AvgIpc) is 2.40. The first-order chi connectivity index (χ1) is 8.78. The molecule has 0 aromatic heterocycles. The molecule has 0 atom stereocenters. The lowest BCUT2D eigenvalue weighted by atomic mass is 9.93. The minimum absolute atomic E-state index is 0.123. The first-order valence-electron chi connectivity index (χ1n) is 6.43. The van der Waals surface area contributed by atoms with Gasteiger partial charge in [-0.15, -0.1) is 0 Å². The van der Waals surface area contributed by atoms with E-state index in [0.29, 0.717) is 6.10 Å². The van der Waals surface area contributed by atoms with E-state index in [2.05, 4.69) is 10.6 Å². The quantitative estimate of drug-likeness (QED) is 0.864. The van der Waals surface area contributed by atoms with Crippen molar-refractivity contribution in [2.75, 3.05) is 12.4 Å². The number of amides is 2. The second-order valence-electron chi connectivity index (χ2n) is 4.67. The zero-order chi connectivity index (χ0) is 12.8. The third-order valence-corrected chi connectivity index (χ3v) is 3.37. The second kappa shape index (κ2) is 6.40. The van der Waals surface area contributed by atoms with Crippen LogP contribution in [0, 0.1) is 0 Å². The molecule has 0 unspecified atom stereocenters. The molecule has 1 aromatic rings. The summed E-state index contributed by atoms with van der Waals surface area (Å²) >= 11 is 0. The molecule has 2 N–H and O–H groups in total. The Labute approximate surface area is 108 Å². The number of para-hydroxylation sites is 1. The van der Waals surface area contributed by atoms with Crippen molar-refractivity contribution in [1.29, 1.82) is 0 Å². The van der Waals surface area contributed by atoms with Gasteiger partial charge in [0.05, 0.1) is 6.10 Å². The number of nitrogens with one attached hydrogen (secondary N) is 2. The normalized spacial score (nSPS) is 23.4. The van der Waals surface area contributed by atoms with Gasteiger partial charge < -0.3 is 15.4 Å². The lowest BCUT2D eigenvalue weighted by Crippen LogP contribution is -2.41. The van der Waals surface area contributed by atoms with Gasteiger partial charge in [0.25, 0.3) is 0 Å². The Hall–Kier alpha value is -1.55. The SMILES string of the molecule is COC1CCC(NC(=O)Nc2ccccc2)CC1. The Morgan fingerprint density at radius 2 is 1.83 bits per heavy atom. The van der Waals surface area contributed by atoms with Gasteiger partial charge in [-0.25, -0.2) is 4.79 Å². The molecule has 0 spiro atoms. The average molecular weight is 248 g/mol. The molecule has 4 heteroatoms. The van der Waals surface area contributed by atoms with E-state index in [0.717, 1.165) is 31.4 Å². The number of methoxy groups -OCH3 is 1. The number of urea groups is 1. The number of carbonyl (C=O) groups is 1. The lowest BCUT2D eigenvalue weighted by Gasteiger charge is -2.28. The highest BCUT2D eigenvalue weighted by Crippen LogP contribution is 2.20. The predicted molar refractivity (Wildman–Crippen MR) is 71.6 cm³/mol. The molecule has 1 aromatic carbocycles. The maximum absolute atomic E-state index is 11.8. The van der Waals surface area contributed by atoms with Crippen LogP contribution >= 0.6 is 0 Å². The molecule has 98 valence electrons. The molecule has 1 aliphatic carbocycles. The van der Waals surface area contributed by atoms with Crippen molar-refractivity contribution in [3.8, 4) is 0 Å². The van der Waals surface area contributed by atoms with Crippen LogP contribution in [-0.2, 0) is 4.74 Å². The van der Waals surface area contributed by atoms with Crippen LogP contribution in [0.1, 0.15) is 25.7 Å². The van der Waals surface area contributed by atoms with Gasteiger partial charge in [0.1, 0.15) is 0 Å². The molecular formula is C14H20N2O2. The van der Waals surface area contributed by atoms with Gasteiger partial charge >= 0.3 is 6.03 Å². The van der Waals surface area contributed by atoms with Crippen LogP contribution in [0.3, 0.4) is 0 Å². The van der Waals surface area contributed by atoms with E-state index in [1.807, 2.05) is 30.3 Å². The molecule has 0 bridgehead atoms. The smallest absolute Gasteiger partial charge is 0.319 e. The molecule has 4 nitrogen and oxygen atoms in total. The third-order valence-electron chi connectivity index (χ3n) is 3.37. The largest absolute Gasteiger partial charge is 0.381 e. The van der Waals surface area contributed by atoms with E-state index in [1.165, 1.54) is 0 Å². The number of anilines is 1. The van der Waals surface area contributed by atoms with E-state index >= 15 is 0 Å². The predicted octanol–water partition coefficient (Wildman–Crippen LogP) is 2.77. The van der Waals surface area contributed by atoms with E-state index in [1.54, 1.807) is 7.11 Å². The maximum atomic E-state index is 11.8. The summed E-state index contributed by atoms with van der Waals surface area (Å²) < 4.78 is 5.31. The number of ether oxygens (including phenoxy) is 1. The van der Waals surface area contributed by atoms with Gasteiger partial charge in [0.2, 0.25) is 0 Å². The van der Waals surface area contributed by atoms with Gasteiger partial charge in [-0.05, 0) is 37.8 Å². The van der Waals surface area contributed by atoms with Gasteiger partial charge in [-0.1, -0.05) is 18.2 Å². The monoisotopic (exact) mass is 248 g/mol. The zero-order valence-corrected chi connectivity index (χ0v) is 10.7. The van der Waals surface area contributed by atoms with Crippen molar-refractivity contribution in [3.05, 3.63) is 30.3 Å².